The molecule has 3 aromatic heterocycles. The number of benzene rings is 5. The molecule has 0 N–H and O–H groups in total. The van der Waals surface area contributed by atoms with E-state index in [9.17, 15) is 0 Å². The van der Waals surface area contributed by atoms with E-state index in [2.05, 4.69) is 149 Å². The largest absolute Gasteiger partial charge is 0.310 e. The summed E-state index contributed by atoms with van der Waals surface area (Å²) in [5, 5.41) is 2.51. The second kappa shape index (κ2) is 10.6. The highest BCUT2D eigenvalue weighted by Gasteiger charge is 2.25. The summed E-state index contributed by atoms with van der Waals surface area (Å²) in [6, 6.07) is 49.9. The molecular formula is C42H30N4. The van der Waals surface area contributed by atoms with Crippen LogP contribution in [-0.4, -0.2) is 14.5 Å². The normalized spacial score (nSPS) is 11.9. The number of nitrogens with zero attached hydrogens (tertiary/aromatic N) is 4. The van der Waals surface area contributed by atoms with Gasteiger partial charge in [0.15, 0.2) is 0 Å². The van der Waals surface area contributed by atoms with Gasteiger partial charge in [-0.05, 0) is 108 Å². The summed E-state index contributed by atoms with van der Waals surface area (Å²) < 4.78 is 2.33. The topological polar surface area (TPSA) is 34.0 Å². The van der Waals surface area contributed by atoms with Crippen LogP contribution in [0.3, 0.4) is 0 Å². The molecule has 0 unspecified atom stereocenters. The average Bonchev–Trinajstić information content (AvgIpc) is 3.65. The summed E-state index contributed by atoms with van der Waals surface area (Å²) in [5.74, 6) is 0.907. The summed E-state index contributed by atoms with van der Waals surface area (Å²) in [4.78, 5) is 11.9. The van der Waals surface area contributed by atoms with Gasteiger partial charge in [-0.15, -0.1) is 0 Å². The molecule has 8 aromatic rings. The van der Waals surface area contributed by atoms with Crippen LogP contribution in [0.15, 0.2) is 152 Å². The van der Waals surface area contributed by atoms with Crippen molar-refractivity contribution in [3.05, 3.63) is 169 Å². The fourth-order valence-corrected chi connectivity index (χ4v) is 7.11. The van der Waals surface area contributed by atoms with E-state index in [1.165, 1.54) is 44.1 Å². The lowest BCUT2D eigenvalue weighted by molar-refractivity contribution is 1.08. The quantitative estimate of drug-likeness (QED) is 0.200. The number of fused-ring (bicyclic) bond motifs is 7. The van der Waals surface area contributed by atoms with E-state index in [1.54, 1.807) is 0 Å². The zero-order chi connectivity index (χ0) is 30.6. The SMILES string of the molecule is Cc1ccnc(-c2cccc(N(c3ccccc3)c3ccc4c5c6c(ccc5n(-c5ccccn5)c4c3)Cc3ccccc3-6)c2)c1. The predicted molar refractivity (Wildman–Crippen MR) is 189 cm³/mol. The third-order valence-corrected chi connectivity index (χ3v) is 9.14. The Hall–Kier alpha value is -6.00. The fraction of sp³-hybridized carbons (Fsp3) is 0.0476. The van der Waals surface area contributed by atoms with Crippen molar-refractivity contribution in [2.24, 2.45) is 0 Å². The Kier molecular flexibility index (Phi) is 6.07. The minimum absolute atomic E-state index is 0.907. The standard InChI is InChI=1S/C42H30N4/c1-28-21-23-43-37(24-28)30-11-9-14-33(26-30)45(32-12-3-2-4-13-32)34-18-19-36-39(27-34)46(40-16-7-8-22-44-40)38-20-17-31-25-29-10-5-6-15-35(29)41(31)42(36)38/h2-24,26-27H,25H2,1H3. The molecule has 0 radical (unpaired) electrons. The molecule has 218 valence electrons. The molecular weight excluding hydrogens is 560 g/mol. The van der Waals surface area contributed by atoms with Crippen LogP contribution in [0.25, 0.3) is 50.0 Å². The van der Waals surface area contributed by atoms with Gasteiger partial charge in [-0.1, -0.05) is 72.8 Å². The van der Waals surface area contributed by atoms with Gasteiger partial charge >= 0.3 is 0 Å². The van der Waals surface area contributed by atoms with E-state index < -0.39 is 0 Å². The van der Waals surface area contributed by atoms with Crippen molar-refractivity contribution in [2.75, 3.05) is 4.90 Å². The van der Waals surface area contributed by atoms with Gasteiger partial charge in [0.25, 0.3) is 0 Å². The van der Waals surface area contributed by atoms with E-state index in [1.807, 2.05) is 24.5 Å². The first-order chi connectivity index (χ1) is 22.7. The molecule has 5 aromatic carbocycles. The van der Waals surface area contributed by atoms with Gasteiger partial charge in [0.1, 0.15) is 5.82 Å². The molecule has 4 heteroatoms. The minimum atomic E-state index is 0.907. The lowest BCUT2D eigenvalue weighted by Crippen LogP contribution is -2.10. The molecule has 0 saturated carbocycles. The molecule has 3 heterocycles. The first-order valence-electron chi connectivity index (χ1n) is 15.7. The van der Waals surface area contributed by atoms with E-state index >= 15 is 0 Å². The summed E-state index contributed by atoms with van der Waals surface area (Å²) in [6.07, 6.45) is 4.72. The van der Waals surface area contributed by atoms with Gasteiger partial charge < -0.3 is 4.90 Å². The van der Waals surface area contributed by atoms with Crippen molar-refractivity contribution < 1.29 is 0 Å². The Morgan fingerprint density at radius 1 is 0.587 bits per heavy atom. The highest BCUT2D eigenvalue weighted by molar-refractivity contribution is 6.18. The van der Waals surface area contributed by atoms with Crippen LogP contribution in [0.4, 0.5) is 17.1 Å². The molecule has 4 nitrogen and oxygen atoms in total. The summed E-state index contributed by atoms with van der Waals surface area (Å²) >= 11 is 0. The third kappa shape index (κ3) is 4.22. The molecule has 0 atom stereocenters. The Labute approximate surface area is 267 Å². The van der Waals surface area contributed by atoms with Crippen molar-refractivity contribution in [1.82, 2.24) is 14.5 Å². The Balaban J connectivity index is 1.31. The first-order valence-corrected chi connectivity index (χ1v) is 15.7. The molecule has 46 heavy (non-hydrogen) atoms. The van der Waals surface area contributed by atoms with Crippen molar-refractivity contribution >= 4 is 38.9 Å². The van der Waals surface area contributed by atoms with Crippen molar-refractivity contribution in [2.45, 2.75) is 13.3 Å². The number of aromatic nitrogens is 3. The van der Waals surface area contributed by atoms with Gasteiger partial charge in [0.05, 0.1) is 16.7 Å². The maximum atomic E-state index is 4.84. The van der Waals surface area contributed by atoms with Crippen LogP contribution in [0.1, 0.15) is 16.7 Å². The third-order valence-electron chi connectivity index (χ3n) is 9.14. The maximum Gasteiger partial charge on any atom is 0.137 e. The Morgan fingerprint density at radius 3 is 2.28 bits per heavy atom. The number of para-hydroxylation sites is 1. The lowest BCUT2D eigenvalue weighted by atomic mass is 9.99. The average molecular weight is 591 g/mol. The number of hydrogen-bond donors (Lipinski definition) is 0. The molecule has 0 saturated heterocycles. The van der Waals surface area contributed by atoms with E-state index in [4.69, 9.17) is 4.98 Å². The highest BCUT2D eigenvalue weighted by Crippen LogP contribution is 2.47. The molecule has 9 rings (SSSR count). The molecule has 1 aliphatic carbocycles. The van der Waals surface area contributed by atoms with Crippen molar-refractivity contribution in [3.63, 3.8) is 0 Å². The minimum Gasteiger partial charge on any atom is -0.310 e. The number of anilines is 3. The zero-order valence-corrected chi connectivity index (χ0v) is 25.4. The van der Waals surface area contributed by atoms with Gasteiger partial charge in [-0.2, -0.15) is 0 Å². The number of rotatable bonds is 5. The van der Waals surface area contributed by atoms with E-state index in [0.29, 0.717) is 0 Å². The maximum absolute atomic E-state index is 4.84. The van der Waals surface area contributed by atoms with Gasteiger partial charge in [0.2, 0.25) is 0 Å². The molecule has 0 fully saturated rings. The second-order valence-corrected chi connectivity index (χ2v) is 12.0. The van der Waals surface area contributed by atoms with Crippen LogP contribution < -0.4 is 4.90 Å². The van der Waals surface area contributed by atoms with Gasteiger partial charge in [-0.3, -0.25) is 9.55 Å². The number of hydrogen-bond acceptors (Lipinski definition) is 3. The highest BCUT2D eigenvalue weighted by atomic mass is 15.1. The summed E-state index contributed by atoms with van der Waals surface area (Å²) in [5.41, 5.74) is 14.2. The molecule has 0 aliphatic heterocycles. The van der Waals surface area contributed by atoms with Crippen LogP contribution in [0.5, 0.6) is 0 Å². The zero-order valence-electron chi connectivity index (χ0n) is 25.4. The summed E-state index contributed by atoms with van der Waals surface area (Å²) in [6.45, 7) is 2.11. The van der Waals surface area contributed by atoms with Crippen molar-refractivity contribution in [3.8, 4) is 28.2 Å². The monoisotopic (exact) mass is 590 g/mol. The Bertz CT molecular complexity index is 2410. The van der Waals surface area contributed by atoms with Crippen molar-refractivity contribution in [1.29, 1.82) is 0 Å². The first kappa shape index (κ1) is 26.4. The molecule has 1 aliphatic rings. The van der Waals surface area contributed by atoms with Crippen LogP contribution in [0, 0.1) is 6.92 Å². The van der Waals surface area contributed by atoms with Gasteiger partial charge in [-0.25, -0.2) is 4.98 Å². The summed E-state index contributed by atoms with van der Waals surface area (Å²) in [7, 11) is 0. The van der Waals surface area contributed by atoms with Crippen LogP contribution in [0.2, 0.25) is 0 Å². The number of pyridine rings is 2. The lowest BCUT2D eigenvalue weighted by Gasteiger charge is -2.26. The predicted octanol–water partition coefficient (Wildman–Crippen LogP) is 10.6. The Morgan fingerprint density at radius 2 is 1.41 bits per heavy atom. The van der Waals surface area contributed by atoms with E-state index in [-0.39, 0.29) is 0 Å². The van der Waals surface area contributed by atoms with Crippen LogP contribution >= 0.6 is 0 Å². The molecule has 0 spiro atoms. The molecule has 0 amide bonds. The molecule has 0 bridgehead atoms. The smallest absolute Gasteiger partial charge is 0.137 e. The van der Waals surface area contributed by atoms with E-state index in [0.717, 1.165) is 46.1 Å². The second-order valence-electron chi connectivity index (χ2n) is 12.0. The fourth-order valence-electron chi connectivity index (χ4n) is 7.11. The van der Waals surface area contributed by atoms with Crippen LogP contribution in [-0.2, 0) is 6.42 Å². The van der Waals surface area contributed by atoms with Gasteiger partial charge in [0, 0.05) is 45.8 Å². The number of aryl methyl sites for hydroxylation is 1.